The van der Waals surface area contributed by atoms with Crippen molar-refractivity contribution in [2.45, 2.75) is 25.7 Å². The highest BCUT2D eigenvalue weighted by Gasteiger charge is 2.28. The molecular formula is C16H20N4O4. The van der Waals surface area contributed by atoms with Gasteiger partial charge in [-0.05, 0) is 25.8 Å². The van der Waals surface area contributed by atoms with Crippen molar-refractivity contribution >= 4 is 22.9 Å². The van der Waals surface area contributed by atoms with Gasteiger partial charge in [0.15, 0.2) is 5.65 Å². The lowest BCUT2D eigenvalue weighted by molar-refractivity contribution is -0.142. The summed E-state index contributed by atoms with van der Waals surface area (Å²) < 4.78 is 6.62. The van der Waals surface area contributed by atoms with Crippen LogP contribution in [0.2, 0.25) is 0 Å². The highest BCUT2D eigenvalue weighted by Crippen LogP contribution is 2.40. The SMILES string of the molecule is Cc1nn(C)c2nc(C3CC3)cc(C(=O)NCCOCC(=O)O)c12. The Hall–Kier alpha value is -2.48. The summed E-state index contributed by atoms with van der Waals surface area (Å²) in [5, 5.41) is 16.4. The molecule has 0 saturated heterocycles. The average molecular weight is 332 g/mol. The zero-order chi connectivity index (χ0) is 17.3. The monoisotopic (exact) mass is 332 g/mol. The van der Waals surface area contributed by atoms with Gasteiger partial charge in [0.1, 0.15) is 6.61 Å². The number of aromatic nitrogens is 3. The van der Waals surface area contributed by atoms with Crippen LogP contribution in [0.3, 0.4) is 0 Å². The first-order valence-electron chi connectivity index (χ1n) is 7.89. The minimum absolute atomic E-state index is 0.147. The standard InChI is InChI=1S/C16H20N4O4/c1-9-14-11(16(23)17-5-6-24-8-13(21)22)7-12(10-3-4-10)18-15(14)20(2)19-9/h7,10H,3-6,8H2,1-2H3,(H,17,23)(H,21,22). The molecule has 0 atom stereocenters. The molecule has 2 N–H and O–H groups in total. The second-order valence-electron chi connectivity index (χ2n) is 5.98. The van der Waals surface area contributed by atoms with E-state index in [4.69, 9.17) is 9.84 Å². The number of aryl methyl sites for hydroxylation is 2. The third kappa shape index (κ3) is 3.38. The van der Waals surface area contributed by atoms with E-state index in [0.29, 0.717) is 17.1 Å². The summed E-state index contributed by atoms with van der Waals surface area (Å²) in [5.74, 6) is -0.827. The van der Waals surface area contributed by atoms with Crippen molar-refractivity contribution in [3.63, 3.8) is 0 Å². The fourth-order valence-electron chi connectivity index (χ4n) is 2.72. The lowest BCUT2D eigenvalue weighted by Gasteiger charge is -2.09. The molecule has 2 heterocycles. The Labute approximate surface area is 138 Å². The molecule has 8 nitrogen and oxygen atoms in total. The van der Waals surface area contributed by atoms with Crippen LogP contribution in [0.25, 0.3) is 11.0 Å². The van der Waals surface area contributed by atoms with E-state index in [0.717, 1.165) is 29.6 Å². The maximum absolute atomic E-state index is 12.6. The van der Waals surface area contributed by atoms with E-state index >= 15 is 0 Å². The van der Waals surface area contributed by atoms with Crippen LogP contribution in [-0.2, 0) is 16.6 Å². The lowest BCUT2D eigenvalue weighted by atomic mass is 10.1. The molecule has 128 valence electrons. The number of nitrogens with one attached hydrogen (secondary N) is 1. The number of fused-ring (bicyclic) bond motifs is 1. The van der Waals surface area contributed by atoms with Crippen molar-refractivity contribution in [2.75, 3.05) is 19.8 Å². The molecule has 1 aliphatic carbocycles. The number of hydrogen-bond donors (Lipinski definition) is 2. The molecule has 1 fully saturated rings. The molecule has 1 aliphatic rings. The Bertz CT molecular complexity index is 795. The van der Waals surface area contributed by atoms with Gasteiger partial charge >= 0.3 is 5.97 Å². The number of hydrogen-bond acceptors (Lipinski definition) is 5. The molecule has 0 radical (unpaired) electrons. The van der Waals surface area contributed by atoms with Gasteiger partial charge in [-0.15, -0.1) is 0 Å². The zero-order valence-electron chi connectivity index (χ0n) is 13.7. The Morgan fingerprint density at radius 1 is 1.46 bits per heavy atom. The van der Waals surface area contributed by atoms with Crippen molar-refractivity contribution in [2.24, 2.45) is 7.05 Å². The molecule has 2 aromatic rings. The average Bonchev–Trinajstić information content (AvgIpc) is 3.33. The van der Waals surface area contributed by atoms with Crippen LogP contribution in [0.5, 0.6) is 0 Å². The second kappa shape index (κ2) is 6.56. The first kappa shape index (κ1) is 16.4. The highest BCUT2D eigenvalue weighted by molar-refractivity contribution is 6.06. The molecule has 0 spiro atoms. The number of aliphatic carboxylic acids is 1. The topological polar surface area (TPSA) is 106 Å². The number of nitrogens with zero attached hydrogens (tertiary/aromatic N) is 3. The van der Waals surface area contributed by atoms with Crippen molar-refractivity contribution in [1.29, 1.82) is 0 Å². The third-order valence-corrected chi connectivity index (χ3v) is 3.99. The van der Waals surface area contributed by atoms with E-state index in [-0.39, 0.29) is 25.7 Å². The number of carboxylic acids is 1. The minimum Gasteiger partial charge on any atom is -0.480 e. The summed E-state index contributed by atoms with van der Waals surface area (Å²) in [6.07, 6.45) is 2.19. The Morgan fingerprint density at radius 2 is 2.21 bits per heavy atom. The molecule has 3 rings (SSSR count). The lowest BCUT2D eigenvalue weighted by Crippen LogP contribution is -2.28. The second-order valence-corrected chi connectivity index (χ2v) is 5.98. The fraction of sp³-hybridized carbons (Fsp3) is 0.500. The summed E-state index contributed by atoms with van der Waals surface area (Å²) in [7, 11) is 1.82. The first-order valence-corrected chi connectivity index (χ1v) is 7.89. The predicted octanol–water partition coefficient (Wildman–Crippen LogP) is 0.985. The van der Waals surface area contributed by atoms with Crippen molar-refractivity contribution in [3.05, 3.63) is 23.0 Å². The quantitative estimate of drug-likeness (QED) is 0.732. The van der Waals surface area contributed by atoms with Gasteiger partial charge in [-0.1, -0.05) is 0 Å². The summed E-state index contributed by atoms with van der Waals surface area (Å²) >= 11 is 0. The number of carbonyl (C=O) groups is 2. The molecular weight excluding hydrogens is 312 g/mol. The molecule has 1 amide bonds. The van der Waals surface area contributed by atoms with Gasteiger partial charge in [0.05, 0.1) is 23.3 Å². The van der Waals surface area contributed by atoms with Gasteiger partial charge in [-0.3, -0.25) is 9.48 Å². The molecule has 1 saturated carbocycles. The van der Waals surface area contributed by atoms with Gasteiger partial charge in [-0.2, -0.15) is 5.10 Å². The molecule has 0 aromatic carbocycles. The minimum atomic E-state index is -1.03. The fourth-order valence-corrected chi connectivity index (χ4v) is 2.72. The largest absolute Gasteiger partial charge is 0.480 e. The van der Waals surface area contributed by atoms with Crippen LogP contribution in [0.15, 0.2) is 6.07 Å². The van der Waals surface area contributed by atoms with E-state index < -0.39 is 5.97 Å². The summed E-state index contributed by atoms with van der Waals surface area (Å²) in [6, 6.07) is 1.85. The van der Waals surface area contributed by atoms with Gasteiger partial charge in [-0.25, -0.2) is 9.78 Å². The number of amides is 1. The van der Waals surface area contributed by atoms with Gasteiger partial charge in [0.25, 0.3) is 5.91 Å². The predicted molar refractivity (Wildman–Crippen MR) is 86.0 cm³/mol. The van der Waals surface area contributed by atoms with E-state index in [1.165, 1.54) is 0 Å². The first-order chi connectivity index (χ1) is 11.5. The van der Waals surface area contributed by atoms with Crippen molar-refractivity contribution in [1.82, 2.24) is 20.1 Å². The van der Waals surface area contributed by atoms with E-state index in [1.54, 1.807) is 4.68 Å². The number of carboxylic acid groups (broad SMARTS) is 1. The summed E-state index contributed by atoms with van der Waals surface area (Å²) in [6.45, 7) is 1.87. The summed E-state index contributed by atoms with van der Waals surface area (Å²) in [5.41, 5.74) is 2.96. The molecule has 2 aromatic heterocycles. The van der Waals surface area contributed by atoms with Crippen molar-refractivity contribution < 1.29 is 19.4 Å². The normalized spacial score (nSPS) is 14.1. The van der Waals surface area contributed by atoms with E-state index in [2.05, 4.69) is 15.4 Å². The Balaban J connectivity index is 1.79. The van der Waals surface area contributed by atoms with Crippen LogP contribution in [-0.4, -0.2) is 51.5 Å². The highest BCUT2D eigenvalue weighted by atomic mass is 16.5. The van der Waals surface area contributed by atoms with Gasteiger partial charge < -0.3 is 15.2 Å². The molecule has 0 bridgehead atoms. The van der Waals surface area contributed by atoms with Crippen molar-refractivity contribution in [3.8, 4) is 0 Å². The molecule has 24 heavy (non-hydrogen) atoms. The maximum Gasteiger partial charge on any atom is 0.329 e. The number of carbonyl (C=O) groups excluding carboxylic acids is 1. The van der Waals surface area contributed by atoms with Crippen LogP contribution in [0.1, 0.15) is 40.5 Å². The molecule has 0 unspecified atom stereocenters. The van der Waals surface area contributed by atoms with E-state index in [9.17, 15) is 9.59 Å². The number of ether oxygens (including phenoxy) is 1. The molecule has 0 aliphatic heterocycles. The number of rotatable bonds is 7. The summed E-state index contributed by atoms with van der Waals surface area (Å²) in [4.78, 5) is 27.6. The molecule has 8 heteroatoms. The smallest absolute Gasteiger partial charge is 0.329 e. The Kier molecular flexibility index (Phi) is 4.48. The Morgan fingerprint density at radius 3 is 2.88 bits per heavy atom. The third-order valence-electron chi connectivity index (χ3n) is 3.99. The van der Waals surface area contributed by atoms with Crippen LogP contribution >= 0.6 is 0 Å². The van der Waals surface area contributed by atoms with Crippen LogP contribution < -0.4 is 5.32 Å². The number of pyridine rings is 1. The van der Waals surface area contributed by atoms with Crippen LogP contribution in [0, 0.1) is 6.92 Å². The van der Waals surface area contributed by atoms with Gasteiger partial charge in [0.2, 0.25) is 0 Å². The zero-order valence-corrected chi connectivity index (χ0v) is 13.7. The van der Waals surface area contributed by atoms with Crippen LogP contribution in [0.4, 0.5) is 0 Å². The maximum atomic E-state index is 12.6. The van der Waals surface area contributed by atoms with Gasteiger partial charge in [0, 0.05) is 25.2 Å². The van der Waals surface area contributed by atoms with E-state index in [1.807, 2.05) is 20.0 Å².